The number of esters is 1. The number of phenolic OH excluding ortho intramolecular Hbond substituents is 1. The zero-order valence-corrected chi connectivity index (χ0v) is 17.1. The maximum Gasteiger partial charge on any atom is 0.340 e. The van der Waals surface area contributed by atoms with Crippen LogP contribution in [0.15, 0.2) is 24.3 Å². The van der Waals surface area contributed by atoms with E-state index in [0.717, 1.165) is 6.42 Å². The van der Waals surface area contributed by atoms with Crippen LogP contribution in [-0.2, 0) is 14.2 Å². The summed E-state index contributed by atoms with van der Waals surface area (Å²) in [4.78, 5) is 12.0. The molecule has 5 nitrogen and oxygen atoms in total. The summed E-state index contributed by atoms with van der Waals surface area (Å²) in [5.41, 5.74) is 0.367. The molecule has 1 rings (SSSR count). The van der Waals surface area contributed by atoms with Crippen molar-refractivity contribution in [1.29, 1.82) is 0 Å². The molecular formula is C22H36O5. The molecule has 0 radical (unpaired) electrons. The molecule has 1 aromatic carbocycles. The van der Waals surface area contributed by atoms with E-state index >= 15 is 0 Å². The van der Waals surface area contributed by atoms with Gasteiger partial charge in [-0.2, -0.15) is 0 Å². The Labute approximate surface area is 164 Å². The number of carbonyl (C=O) groups excluding carboxylic acids is 1. The summed E-state index contributed by atoms with van der Waals surface area (Å²) in [5.74, 6) is -0.386. The van der Waals surface area contributed by atoms with Crippen LogP contribution in [0.5, 0.6) is 5.75 Å². The second-order valence-electron chi connectivity index (χ2n) is 6.92. The van der Waals surface area contributed by atoms with E-state index in [2.05, 4.69) is 6.92 Å². The molecule has 0 fully saturated rings. The van der Waals surface area contributed by atoms with E-state index in [1.165, 1.54) is 75.6 Å². The summed E-state index contributed by atoms with van der Waals surface area (Å²) >= 11 is 0. The number of phenols is 1. The minimum atomic E-state index is -0.704. The molecule has 0 aliphatic rings. The van der Waals surface area contributed by atoms with E-state index in [9.17, 15) is 9.90 Å². The van der Waals surface area contributed by atoms with Crippen molar-refractivity contribution in [2.75, 3.05) is 6.61 Å². The van der Waals surface area contributed by atoms with Crippen molar-refractivity contribution in [3.63, 3.8) is 0 Å². The summed E-state index contributed by atoms with van der Waals surface area (Å²) < 4.78 is 16.4. The zero-order valence-electron chi connectivity index (χ0n) is 17.1. The maximum absolute atomic E-state index is 12.0. The molecule has 0 aliphatic carbocycles. The fourth-order valence-corrected chi connectivity index (χ4v) is 2.82. The molecule has 1 aromatic rings. The lowest BCUT2D eigenvalue weighted by Gasteiger charge is -2.19. The van der Waals surface area contributed by atoms with Crippen LogP contribution in [0.4, 0.5) is 0 Å². The predicted octanol–water partition coefficient (Wildman–Crippen LogP) is 5.81. The Hall–Kier alpha value is -1.59. The lowest BCUT2D eigenvalue weighted by molar-refractivity contribution is -0.213. The van der Waals surface area contributed by atoms with Crippen molar-refractivity contribution in [2.24, 2.45) is 0 Å². The third kappa shape index (κ3) is 11.7. The van der Waals surface area contributed by atoms with Crippen molar-refractivity contribution >= 4 is 5.97 Å². The molecular weight excluding hydrogens is 344 g/mol. The average molecular weight is 381 g/mol. The topological polar surface area (TPSA) is 65.0 Å². The van der Waals surface area contributed by atoms with Crippen LogP contribution in [0, 0.1) is 0 Å². The Kier molecular flexibility index (Phi) is 12.6. The van der Waals surface area contributed by atoms with Crippen molar-refractivity contribution in [1.82, 2.24) is 0 Å². The van der Waals surface area contributed by atoms with E-state index in [0.29, 0.717) is 12.2 Å². The minimum absolute atomic E-state index is 0.106. The van der Waals surface area contributed by atoms with Crippen LogP contribution in [0.1, 0.15) is 88.9 Å². The van der Waals surface area contributed by atoms with Gasteiger partial charge in [0.05, 0.1) is 5.56 Å². The Balaban J connectivity index is 2.04. The summed E-state index contributed by atoms with van der Waals surface area (Å²) in [7, 11) is 0. The standard InChI is InChI=1S/C22H36O5/c1-4-5-6-7-8-9-10-11-12-17-25-18(2)26-19(3)27-22(24)20-13-15-21(23)16-14-20/h13-16,18-19,23H,4-12,17H2,1-3H3. The van der Waals surface area contributed by atoms with Crippen molar-refractivity contribution in [3.8, 4) is 5.75 Å². The van der Waals surface area contributed by atoms with Crippen molar-refractivity contribution in [2.45, 2.75) is 91.1 Å². The largest absolute Gasteiger partial charge is 0.508 e. The minimum Gasteiger partial charge on any atom is -0.508 e. The number of hydrogen-bond acceptors (Lipinski definition) is 5. The molecule has 0 spiro atoms. The summed E-state index contributed by atoms with van der Waals surface area (Å²) in [6.45, 7) is 6.36. The van der Waals surface area contributed by atoms with Gasteiger partial charge in [0.25, 0.3) is 0 Å². The van der Waals surface area contributed by atoms with Gasteiger partial charge in [0.2, 0.25) is 6.29 Å². The highest BCUT2D eigenvalue weighted by atomic mass is 16.8. The van der Waals surface area contributed by atoms with Gasteiger partial charge in [0.1, 0.15) is 5.75 Å². The third-order valence-corrected chi connectivity index (χ3v) is 4.36. The molecule has 0 saturated heterocycles. The van der Waals surface area contributed by atoms with Gasteiger partial charge in [0.15, 0.2) is 6.29 Å². The number of carbonyl (C=O) groups is 1. The van der Waals surface area contributed by atoms with Gasteiger partial charge in [0, 0.05) is 6.61 Å². The van der Waals surface area contributed by atoms with Crippen LogP contribution in [0.25, 0.3) is 0 Å². The van der Waals surface area contributed by atoms with E-state index in [1.54, 1.807) is 13.8 Å². The Morgan fingerprint density at radius 3 is 2.04 bits per heavy atom. The van der Waals surface area contributed by atoms with Gasteiger partial charge in [-0.1, -0.05) is 58.3 Å². The maximum atomic E-state index is 12.0. The predicted molar refractivity (Wildman–Crippen MR) is 107 cm³/mol. The van der Waals surface area contributed by atoms with Crippen LogP contribution in [0.3, 0.4) is 0 Å². The number of rotatable bonds is 15. The van der Waals surface area contributed by atoms with Crippen molar-refractivity contribution in [3.05, 3.63) is 29.8 Å². The first kappa shape index (κ1) is 23.4. The molecule has 0 aromatic heterocycles. The fraction of sp³-hybridized carbons (Fsp3) is 0.682. The number of hydrogen-bond donors (Lipinski definition) is 1. The summed E-state index contributed by atoms with van der Waals surface area (Å²) in [6, 6.07) is 5.90. The molecule has 0 heterocycles. The second-order valence-corrected chi connectivity index (χ2v) is 6.92. The average Bonchev–Trinajstić information content (AvgIpc) is 2.63. The quantitative estimate of drug-likeness (QED) is 0.236. The van der Waals surface area contributed by atoms with E-state index in [1.807, 2.05) is 0 Å². The number of unbranched alkanes of at least 4 members (excludes halogenated alkanes) is 8. The molecule has 27 heavy (non-hydrogen) atoms. The number of ether oxygens (including phenoxy) is 3. The Morgan fingerprint density at radius 2 is 1.44 bits per heavy atom. The first-order valence-corrected chi connectivity index (χ1v) is 10.3. The number of benzene rings is 1. The normalized spacial score (nSPS) is 13.3. The highest BCUT2D eigenvalue weighted by Crippen LogP contribution is 2.13. The van der Waals surface area contributed by atoms with Crippen LogP contribution in [0.2, 0.25) is 0 Å². The molecule has 0 bridgehead atoms. The number of aromatic hydroxyl groups is 1. The molecule has 2 atom stereocenters. The van der Waals surface area contributed by atoms with Crippen LogP contribution >= 0.6 is 0 Å². The zero-order chi connectivity index (χ0) is 19.9. The molecule has 1 N–H and O–H groups in total. The van der Waals surface area contributed by atoms with Crippen LogP contribution in [-0.4, -0.2) is 30.3 Å². The van der Waals surface area contributed by atoms with Gasteiger partial charge in [-0.15, -0.1) is 0 Å². The fourth-order valence-electron chi connectivity index (χ4n) is 2.82. The van der Waals surface area contributed by atoms with Gasteiger partial charge in [-0.25, -0.2) is 4.79 Å². The smallest absolute Gasteiger partial charge is 0.340 e. The molecule has 2 unspecified atom stereocenters. The highest BCUT2D eigenvalue weighted by Gasteiger charge is 2.15. The molecule has 0 saturated carbocycles. The first-order valence-electron chi connectivity index (χ1n) is 10.3. The van der Waals surface area contributed by atoms with Crippen LogP contribution < -0.4 is 0 Å². The summed E-state index contributed by atoms with van der Waals surface area (Å²) in [5, 5.41) is 9.24. The Bertz CT molecular complexity index is 500. The van der Waals surface area contributed by atoms with E-state index < -0.39 is 18.5 Å². The monoisotopic (exact) mass is 380 g/mol. The lowest BCUT2D eigenvalue weighted by Crippen LogP contribution is -2.25. The van der Waals surface area contributed by atoms with Gasteiger partial charge < -0.3 is 19.3 Å². The van der Waals surface area contributed by atoms with Gasteiger partial charge in [-0.3, -0.25) is 0 Å². The van der Waals surface area contributed by atoms with Crippen molar-refractivity contribution < 1.29 is 24.1 Å². The molecule has 5 heteroatoms. The van der Waals surface area contributed by atoms with E-state index in [4.69, 9.17) is 14.2 Å². The first-order chi connectivity index (χ1) is 13.0. The van der Waals surface area contributed by atoms with E-state index in [-0.39, 0.29) is 5.75 Å². The second kappa shape index (κ2) is 14.5. The molecule has 0 aliphatic heterocycles. The van der Waals surface area contributed by atoms with Gasteiger partial charge in [-0.05, 0) is 44.5 Å². The SMILES string of the molecule is CCCCCCCCCCCOC(C)OC(C)OC(=O)c1ccc(O)cc1. The third-order valence-electron chi connectivity index (χ3n) is 4.36. The molecule has 0 amide bonds. The lowest BCUT2D eigenvalue weighted by atomic mass is 10.1. The highest BCUT2D eigenvalue weighted by molar-refractivity contribution is 5.89. The van der Waals surface area contributed by atoms with Gasteiger partial charge >= 0.3 is 5.97 Å². The molecule has 154 valence electrons. The Morgan fingerprint density at radius 1 is 0.889 bits per heavy atom. The summed E-state index contributed by atoms with van der Waals surface area (Å²) in [6.07, 6.45) is 10.3.